The minimum Gasteiger partial charge on any atom is -0.486 e. The van der Waals surface area contributed by atoms with Crippen molar-refractivity contribution in [3.8, 4) is 17.1 Å². The summed E-state index contributed by atoms with van der Waals surface area (Å²) in [7, 11) is 1.32. The van der Waals surface area contributed by atoms with Gasteiger partial charge in [-0.25, -0.2) is 9.18 Å². The summed E-state index contributed by atoms with van der Waals surface area (Å²) in [4.78, 5) is 22.6. The third kappa shape index (κ3) is 3.40. The average molecular weight is 327 g/mol. The molecule has 6 nitrogen and oxygen atoms in total. The van der Waals surface area contributed by atoms with E-state index in [9.17, 15) is 9.18 Å². The maximum atomic E-state index is 13.2. The summed E-state index contributed by atoms with van der Waals surface area (Å²) in [6, 6.07) is 6.46. The maximum Gasteiger partial charge on any atom is 0.339 e. The Morgan fingerprint density at radius 1 is 1.33 bits per heavy atom. The molecule has 0 aliphatic carbocycles. The second kappa shape index (κ2) is 6.91. The van der Waals surface area contributed by atoms with E-state index in [1.165, 1.54) is 25.6 Å². The van der Waals surface area contributed by atoms with E-state index < -0.39 is 11.8 Å². The van der Waals surface area contributed by atoms with Crippen molar-refractivity contribution in [1.29, 1.82) is 0 Å². The summed E-state index contributed by atoms with van der Waals surface area (Å²) in [6.45, 7) is 0.147. The van der Waals surface area contributed by atoms with Crippen molar-refractivity contribution >= 4 is 5.97 Å². The largest absolute Gasteiger partial charge is 0.486 e. The van der Waals surface area contributed by atoms with Crippen LogP contribution in [0, 0.1) is 5.82 Å². The summed E-state index contributed by atoms with van der Waals surface area (Å²) in [5.74, 6) is -0.364. The number of rotatable bonds is 5. The normalized spacial score (nSPS) is 10.4. The lowest BCUT2D eigenvalue weighted by Crippen LogP contribution is -1.99. The number of H-pyrrole nitrogens is 1. The fourth-order valence-electron chi connectivity index (χ4n) is 2.17. The third-order valence-corrected chi connectivity index (χ3v) is 3.29. The van der Waals surface area contributed by atoms with Crippen molar-refractivity contribution in [2.24, 2.45) is 0 Å². The standard InChI is InChI=1S/C17H14FN3O3/c1-23-17(22)12-6-14(21-8-12)16-15(3-2-4-20-16)24-10-11-5-13(18)9-19-7-11/h2-9,21H,10H2,1H3. The molecule has 0 unspecified atom stereocenters. The molecule has 0 atom stereocenters. The van der Waals surface area contributed by atoms with Crippen LogP contribution in [0.2, 0.25) is 0 Å². The molecule has 0 saturated heterocycles. The number of nitrogens with zero attached hydrogens (tertiary/aromatic N) is 2. The first-order valence-corrected chi connectivity index (χ1v) is 7.11. The van der Waals surface area contributed by atoms with E-state index in [4.69, 9.17) is 4.74 Å². The predicted octanol–water partition coefficient (Wildman–Crippen LogP) is 2.98. The van der Waals surface area contributed by atoms with Crippen molar-refractivity contribution < 1.29 is 18.7 Å². The highest BCUT2D eigenvalue weighted by molar-refractivity contribution is 5.90. The average Bonchev–Trinajstić information content (AvgIpc) is 3.09. The lowest BCUT2D eigenvalue weighted by molar-refractivity contribution is 0.0601. The van der Waals surface area contributed by atoms with Gasteiger partial charge in [-0.15, -0.1) is 0 Å². The number of aromatic nitrogens is 3. The van der Waals surface area contributed by atoms with Crippen molar-refractivity contribution in [1.82, 2.24) is 15.0 Å². The van der Waals surface area contributed by atoms with Gasteiger partial charge in [-0.3, -0.25) is 9.97 Å². The summed E-state index contributed by atoms with van der Waals surface area (Å²) >= 11 is 0. The van der Waals surface area contributed by atoms with Crippen LogP contribution in [-0.2, 0) is 11.3 Å². The van der Waals surface area contributed by atoms with E-state index in [1.54, 1.807) is 24.4 Å². The fourth-order valence-corrected chi connectivity index (χ4v) is 2.17. The van der Waals surface area contributed by atoms with Crippen molar-refractivity contribution in [2.45, 2.75) is 6.61 Å². The number of carbonyl (C=O) groups is 1. The number of halogens is 1. The molecule has 0 fully saturated rings. The Kier molecular flexibility index (Phi) is 4.51. The van der Waals surface area contributed by atoms with Crippen LogP contribution in [0.5, 0.6) is 5.75 Å². The highest BCUT2D eigenvalue weighted by Crippen LogP contribution is 2.28. The van der Waals surface area contributed by atoms with Gasteiger partial charge in [0.2, 0.25) is 0 Å². The summed E-state index contributed by atoms with van der Waals surface area (Å²) in [5.41, 5.74) is 2.14. The molecule has 3 aromatic rings. The number of nitrogens with one attached hydrogen (secondary N) is 1. The number of ether oxygens (including phenoxy) is 2. The molecule has 0 aliphatic heterocycles. The second-order valence-electron chi connectivity index (χ2n) is 4.94. The number of hydrogen-bond acceptors (Lipinski definition) is 5. The molecule has 0 saturated carbocycles. The van der Waals surface area contributed by atoms with Crippen LogP contribution in [0.4, 0.5) is 4.39 Å². The highest BCUT2D eigenvalue weighted by atomic mass is 19.1. The maximum absolute atomic E-state index is 13.2. The van der Waals surface area contributed by atoms with E-state index in [-0.39, 0.29) is 6.61 Å². The van der Waals surface area contributed by atoms with Gasteiger partial charge in [0.15, 0.2) is 0 Å². The van der Waals surface area contributed by atoms with Crippen LogP contribution in [-0.4, -0.2) is 28.0 Å². The molecule has 1 N–H and O–H groups in total. The lowest BCUT2D eigenvalue weighted by Gasteiger charge is -2.09. The Labute approximate surface area is 137 Å². The first kappa shape index (κ1) is 15.7. The zero-order chi connectivity index (χ0) is 16.9. The van der Waals surface area contributed by atoms with Crippen molar-refractivity contribution in [3.05, 3.63) is 66.0 Å². The first-order chi connectivity index (χ1) is 11.7. The van der Waals surface area contributed by atoms with Gasteiger partial charge in [-0.2, -0.15) is 0 Å². The van der Waals surface area contributed by atoms with E-state index in [1.807, 2.05) is 0 Å². The molecule has 122 valence electrons. The van der Waals surface area contributed by atoms with Crippen molar-refractivity contribution in [3.63, 3.8) is 0 Å². The molecule has 0 bridgehead atoms. The van der Waals surface area contributed by atoms with Gasteiger partial charge in [-0.05, 0) is 24.3 Å². The van der Waals surface area contributed by atoms with Crippen LogP contribution in [0.25, 0.3) is 11.4 Å². The summed E-state index contributed by atoms with van der Waals surface area (Å²) < 4.78 is 23.6. The first-order valence-electron chi connectivity index (χ1n) is 7.11. The highest BCUT2D eigenvalue weighted by Gasteiger charge is 2.14. The zero-order valence-corrected chi connectivity index (χ0v) is 12.8. The van der Waals surface area contributed by atoms with E-state index >= 15 is 0 Å². The smallest absolute Gasteiger partial charge is 0.339 e. The molecule has 3 rings (SSSR count). The Hall–Kier alpha value is -3.22. The number of esters is 1. The van der Waals surface area contributed by atoms with Crippen LogP contribution < -0.4 is 4.74 Å². The number of methoxy groups -OCH3 is 1. The molecule has 0 aliphatic rings. The quantitative estimate of drug-likeness (QED) is 0.729. The molecule has 7 heteroatoms. The van der Waals surface area contributed by atoms with Gasteiger partial charge < -0.3 is 14.5 Å². The monoisotopic (exact) mass is 327 g/mol. The van der Waals surface area contributed by atoms with Gasteiger partial charge in [0.25, 0.3) is 0 Å². The molecule has 24 heavy (non-hydrogen) atoms. The van der Waals surface area contributed by atoms with Gasteiger partial charge in [0.1, 0.15) is 23.9 Å². The Bertz CT molecular complexity index is 864. The number of hydrogen-bond donors (Lipinski definition) is 1. The van der Waals surface area contributed by atoms with Crippen LogP contribution in [0.1, 0.15) is 15.9 Å². The lowest BCUT2D eigenvalue weighted by atomic mass is 10.2. The Balaban J connectivity index is 1.83. The SMILES string of the molecule is COC(=O)c1c[nH]c(-c2ncccc2OCc2cncc(F)c2)c1. The van der Waals surface area contributed by atoms with Gasteiger partial charge in [-0.1, -0.05) is 0 Å². The van der Waals surface area contributed by atoms with Crippen LogP contribution in [0.15, 0.2) is 49.1 Å². The van der Waals surface area contributed by atoms with Gasteiger partial charge >= 0.3 is 5.97 Å². The summed E-state index contributed by atoms with van der Waals surface area (Å²) in [5, 5.41) is 0. The van der Waals surface area contributed by atoms with Gasteiger partial charge in [0.05, 0.1) is 24.6 Å². The number of aromatic amines is 1. The molecule has 3 heterocycles. The number of carbonyl (C=O) groups excluding carboxylic acids is 1. The molecular weight excluding hydrogens is 313 g/mol. The molecule has 0 aromatic carbocycles. The predicted molar refractivity (Wildman–Crippen MR) is 83.9 cm³/mol. The number of pyridine rings is 2. The molecule has 3 aromatic heterocycles. The minimum absolute atomic E-state index is 0.147. The molecule has 0 spiro atoms. The van der Waals surface area contributed by atoms with Crippen molar-refractivity contribution in [2.75, 3.05) is 7.11 Å². The molecular formula is C17H14FN3O3. The Morgan fingerprint density at radius 2 is 2.21 bits per heavy atom. The zero-order valence-electron chi connectivity index (χ0n) is 12.8. The Morgan fingerprint density at radius 3 is 3.00 bits per heavy atom. The van der Waals surface area contributed by atoms with E-state index in [0.29, 0.717) is 28.3 Å². The minimum atomic E-state index is -0.443. The van der Waals surface area contributed by atoms with E-state index in [0.717, 1.165) is 6.20 Å². The van der Waals surface area contributed by atoms with Crippen LogP contribution in [0.3, 0.4) is 0 Å². The van der Waals surface area contributed by atoms with Gasteiger partial charge in [0, 0.05) is 24.2 Å². The summed E-state index contributed by atoms with van der Waals surface area (Å²) in [6.07, 6.45) is 5.82. The van der Waals surface area contributed by atoms with Crippen LogP contribution >= 0.6 is 0 Å². The molecule has 0 radical (unpaired) electrons. The fraction of sp³-hybridized carbons (Fsp3) is 0.118. The topological polar surface area (TPSA) is 77.1 Å². The second-order valence-corrected chi connectivity index (χ2v) is 4.94. The van der Waals surface area contributed by atoms with E-state index in [2.05, 4.69) is 19.7 Å². The molecule has 0 amide bonds. The third-order valence-electron chi connectivity index (χ3n) is 3.29.